The van der Waals surface area contributed by atoms with E-state index < -0.39 is 0 Å². The zero-order valence-electron chi connectivity index (χ0n) is 13.7. The van der Waals surface area contributed by atoms with Crippen LogP contribution in [0.2, 0.25) is 0 Å². The number of nitrogen functional groups attached to an aromatic ring is 1. The minimum absolute atomic E-state index is 0.387. The van der Waals surface area contributed by atoms with Crippen LogP contribution >= 0.6 is 0 Å². The van der Waals surface area contributed by atoms with E-state index in [9.17, 15) is 0 Å². The zero-order valence-corrected chi connectivity index (χ0v) is 13.7. The molecule has 0 atom stereocenters. The molecule has 0 aromatic heterocycles. The van der Waals surface area contributed by atoms with E-state index in [4.69, 9.17) is 20.0 Å². The Morgan fingerprint density at radius 2 is 1.28 bits per heavy atom. The van der Waals surface area contributed by atoms with E-state index in [0.29, 0.717) is 30.4 Å². The fourth-order valence-corrected chi connectivity index (χ4v) is 2.19. The van der Waals surface area contributed by atoms with Gasteiger partial charge in [-0.2, -0.15) is 0 Å². The molecule has 0 unspecified atom stereocenters. The summed E-state index contributed by atoms with van der Waals surface area (Å²) in [5.41, 5.74) is 10.1. The molecule has 0 saturated heterocycles. The molecular formula is C20H20N2O3. The Bertz CT molecular complexity index is 794. The second kappa shape index (κ2) is 8.49. The molecule has 0 aliphatic heterocycles. The molecule has 0 spiro atoms. The van der Waals surface area contributed by atoms with Gasteiger partial charge in [-0.15, -0.1) is 0 Å². The van der Waals surface area contributed by atoms with Gasteiger partial charge in [0.05, 0.1) is 5.69 Å². The topological polar surface area (TPSA) is 65.7 Å². The second-order valence-corrected chi connectivity index (χ2v) is 5.25. The van der Waals surface area contributed by atoms with Crippen molar-refractivity contribution in [1.82, 2.24) is 0 Å². The summed E-state index contributed by atoms with van der Waals surface area (Å²) in [5.74, 6) is 2.06. The van der Waals surface area contributed by atoms with Crippen LogP contribution in [0.1, 0.15) is 0 Å². The number of para-hydroxylation sites is 5. The van der Waals surface area contributed by atoms with Crippen LogP contribution in [0.5, 0.6) is 17.2 Å². The number of ether oxygens (including phenoxy) is 2. The molecule has 0 heterocycles. The van der Waals surface area contributed by atoms with E-state index >= 15 is 0 Å². The van der Waals surface area contributed by atoms with Gasteiger partial charge in [0.2, 0.25) is 0 Å². The first-order valence-electron chi connectivity index (χ1n) is 8.00. The lowest BCUT2D eigenvalue weighted by Crippen LogP contribution is -2.12. The molecule has 0 fully saturated rings. The normalized spacial score (nSPS) is 10.1. The minimum Gasteiger partial charge on any atom is -0.488 e. The first-order chi connectivity index (χ1) is 12.3. The highest BCUT2D eigenvalue weighted by molar-refractivity contribution is 5.55. The maximum Gasteiger partial charge on any atom is 0.155 e. The van der Waals surface area contributed by atoms with Gasteiger partial charge in [-0.05, 0) is 36.4 Å². The summed E-state index contributed by atoms with van der Waals surface area (Å²) >= 11 is 0. The van der Waals surface area contributed by atoms with Crippen molar-refractivity contribution in [3.8, 4) is 17.2 Å². The van der Waals surface area contributed by atoms with Crippen LogP contribution in [-0.4, -0.2) is 13.2 Å². The molecule has 0 aliphatic carbocycles. The van der Waals surface area contributed by atoms with Crippen molar-refractivity contribution >= 4 is 11.4 Å². The highest BCUT2D eigenvalue weighted by atomic mass is 16.6. The van der Waals surface area contributed by atoms with Gasteiger partial charge in [-0.25, -0.2) is 5.48 Å². The molecule has 5 heteroatoms. The van der Waals surface area contributed by atoms with Crippen LogP contribution in [0.4, 0.5) is 11.4 Å². The summed E-state index contributed by atoms with van der Waals surface area (Å²) < 4.78 is 11.4. The minimum atomic E-state index is 0.387. The lowest BCUT2D eigenvalue weighted by molar-refractivity contribution is 0.217. The predicted molar refractivity (Wildman–Crippen MR) is 99.0 cm³/mol. The molecule has 5 nitrogen and oxygen atoms in total. The van der Waals surface area contributed by atoms with Crippen molar-refractivity contribution < 1.29 is 14.3 Å². The molecular weight excluding hydrogens is 316 g/mol. The molecule has 3 rings (SSSR count). The monoisotopic (exact) mass is 336 g/mol. The molecule has 0 saturated carbocycles. The fourth-order valence-electron chi connectivity index (χ4n) is 2.19. The van der Waals surface area contributed by atoms with Gasteiger partial charge >= 0.3 is 0 Å². The lowest BCUT2D eigenvalue weighted by Gasteiger charge is -2.14. The van der Waals surface area contributed by atoms with Crippen LogP contribution < -0.4 is 25.5 Å². The molecule has 0 radical (unpaired) electrons. The summed E-state index contributed by atoms with van der Waals surface area (Å²) in [6.07, 6.45) is 0. The molecule has 3 aromatic carbocycles. The van der Waals surface area contributed by atoms with E-state index in [2.05, 4.69) is 5.48 Å². The highest BCUT2D eigenvalue weighted by Crippen LogP contribution is 2.25. The Hall–Kier alpha value is -3.34. The average Bonchev–Trinajstić information content (AvgIpc) is 2.66. The van der Waals surface area contributed by atoms with Crippen LogP contribution in [0.15, 0.2) is 78.9 Å². The molecule has 25 heavy (non-hydrogen) atoms. The number of benzene rings is 3. The largest absolute Gasteiger partial charge is 0.488 e. The van der Waals surface area contributed by atoms with Crippen molar-refractivity contribution in [2.75, 3.05) is 24.4 Å². The van der Waals surface area contributed by atoms with Crippen LogP contribution in [0.3, 0.4) is 0 Å². The van der Waals surface area contributed by atoms with Gasteiger partial charge in [0, 0.05) is 0 Å². The number of nitrogens with one attached hydrogen (secondary N) is 1. The summed E-state index contributed by atoms with van der Waals surface area (Å²) in [7, 11) is 0. The third-order valence-electron chi connectivity index (χ3n) is 3.43. The second-order valence-electron chi connectivity index (χ2n) is 5.25. The van der Waals surface area contributed by atoms with Crippen molar-refractivity contribution in [3.05, 3.63) is 78.9 Å². The van der Waals surface area contributed by atoms with Gasteiger partial charge in [0.25, 0.3) is 0 Å². The number of rotatable bonds is 8. The van der Waals surface area contributed by atoms with Crippen molar-refractivity contribution in [1.29, 1.82) is 0 Å². The lowest BCUT2D eigenvalue weighted by atomic mass is 10.3. The molecule has 0 bridgehead atoms. The summed E-state index contributed by atoms with van der Waals surface area (Å²) in [6.45, 7) is 0.778. The van der Waals surface area contributed by atoms with Crippen LogP contribution in [0, 0.1) is 0 Å². The average molecular weight is 336 g/mol. The maximum absolute atomic E-state index is 5.84. The van der Waals surface area contributed by atoms with Gasteiger partial charge in [0.1, 0.15) is 30.4 Å². The van der Waals surface area contributed by atoms with Crippen molar-refractivity contribution in [2.45, 2.75) is 0 Å². The quantitative estimate of drug-likeness (QED) is 0.368. The summed E-state index contributed by atoms with van der Waals surface area (Å²) in [6, 6.07) is 24.4. The fraction of sp³-hybridized carbons (Fsp3) is 0.100. The van der Waals surface area contributed by atoms with Gasteiger partial charge < -0.3 is 20.0 Å². The molecule has 0 amide bonds. The smallest absolute Gasteiger partial charge is 0.155 e. The van der Waals surface area contributed by atoms with Crippen molar-refractivity contribution in [2.24, 2.45) is 0 Å². The van der Waals surface area contributed by atoms with Crippen LogP contribution in [-0.2, 0) is 0 Å². The zero-order chi connectivity index (χ0) is 17.3. The summed E-state index contributed by atoms with van der Waals surface area (Å²) in [4.78, 5) is 5.55. The Balaban J connectivity index is 1.51. The number of nitrogens with two attached hydrogens (primary N) is 1. The Morgan fingerprint density at radius 3 is 2.04 bits per heavy atom. The van der Waals surface area contributed by atoms with Gasteiger partial charge in [-0.1, -0.05) is 42.5 Å². The molecule has 128 valence electrons. The first kappa shape index (κ1) is 16.5. The Kier molecular flexibility index (Phi) is 5.61. The third-order valence-corrected chi connectivity index (χ3v) is 3.43. The SMILES string of the molecule is Nc1ccccc1OCCOc1ccccc1NOc1ccccc1. The van der Waals surface area contributed by atoms with E-state index in [1.54, 1.807) is 6.07 Å². The number of hydrogen-bond donors (Lipinski definition) is 2. The van der Waals surface area contributed by atoms with Gasteiger partial charge in [0.15, 0.2) is 5.75 Å². The molecule has 3 N–H and O–H groups in total. The Labute approximate surface area is 146 Å². The standard InChI is InChI=1S/C20H20N2O3/c21-17-10-4-6-12-19(17)23-14-15-24-20-13-7-5-11-18(20)22-25-16-8-2-1-3-9-16/h1-13,22H,14-15,21H2. The Morgan fingerprint density at radius 1 is 0.680 bits per heavy atom. The van der Waals surface area contributed by atoms with E-state index in [-0.39, 0.29) is 0 Å². The predicted octanol–water partition coefficient (Wildman–Crippen LogP) is 4.13. The third kappa shape index (κ3) is 4.81. The van der Waals surface area contributed by atoms with Gasteiger partial charge in [-0.3, -0.25) is 0 Å². The molecule has 3 aromatic rings. The maximum atomic E-state index is 5.84. The van der Waals surface area contributed by atoms with E-state index in [0.717, 1.165) is 11.4 Å². The van der Waals surface area contributed by atoms with Crippen molar-refractivity contribution in [3.63, 3.8) is 0 Å². The summed E-state index contributed by atoms with van der Waals surface area (Å²) in [5, 5.41) is 0. The number of hydrogen-bond acceptors (Lipinski definition) is 5. The molecule has 0 aliphatic rings. The van der Waals surface area contributed by atoms with Crippen LogP contribution in [0.25, 0.3) is 0 Å². The number of anilines is 2. The van der Waals surface area contributed by atoms with E-state index in [1.165, 1.54) is 0 Å². The van der Waals surface area contributed by atoms with E-state index in [1.807, 2.05) is 72.8 Å². The highest BCUT2D eigenvalue weighted by Gasteiger charge is 2.04. The first-order valence-corrected chi connectivity index (χ1v) is 8.00.